The van der Waals surface area contributed by atoms with Crippen molar-refractivity contribution in [2.24, 2.45) is 0 Å². The van der Waals surface area contributed by atoms with Gasteiger partial charge in [-0.1, -0.05) is 23.7 Å². The standard InChI is InChI=1S/C12H12ClN3/c13-11-9-5-1-2-6-10(9)14-12(15-11)16-7-3-4-8-16/h1-2,5-6H,3-4,7-8H2. The molecule has 2 aromatic rings. The lowest BCUT2D eigenvalue weighted by Gasteiger charge is -2.15. The molecular formula is C12H12ClN3. The number of rotatable bonds is 1. The third-order valence-electron chi connectivity index (χ3n) is 2.93. The van der Waals surface area contributed by atoms with Gasteiger partial charge in [-0.15, -0.1) is 0 Å². The number of anilines is 1. The van der Waals surface area contributed by atoms with Crippen LogP contribution in [0.3, 0.4) is 0 Å². The molecule has 0 spiro atoms. The second-order valence-corrected chi connectivity index (χ2v) is 4.38. The zero-order chi connectivity index (χ0) is 11.0. The molecule has 0 bridgehead atoms. The average molecular weight is 234 g/mol. The van der Waals surface area contributed by atoms with Crippen molar-refractivity contribution in [3.63, 3.8) is 0 Å². The number of nitrogens with zero attached hydrogens (tertiary/aromatic N) is 3. The number of halogens is 1. The molecule has 0 aliphatic carbocycles. The van der Waals surface area contributed by atoms with Crippen molar-refractivity contribution in [2.75, 3.05) is 18.0 Å². The predicted molar refractivity (Wildman–Crippen MR) is 66.0 cm³/mol. The Morgan fingerprint density at radius 2 is 1.81 bits per heavy atom. The molecule has 1 aromatic heterocycles. The SMILES string of the molecule is Clc1nc(N2CCCC2)nc2ccccc12. The molecule has 82 valence electrons. The highest BCUT2D eigenvalue weighted by Crippen LogP contribution is 2.24. The van der Waals surface area contributed by atoms with E-state index in [1.165, 1.54) is 12.8 Å². The van der Waals surface area contributed by atoms with E-state index in [1.54, 1.807) is 0 Å². The fourth-order valence-corrected chi connectivity index (χ4v) is 2.32. The fraction of sp³-hybridized carbons (Fsp3) is 0.333. The van der Waals surface area contributed by atoms with E-state index in [9.17, 15) is 0 Å². The summed E-state index contributed by atoms with van der Waals surface area (Å²) < 4.78 is 0. The summed E-state index contributed by atoms with van der Waals surface area (Å²) in [5, 5.41) is 1.47. The van der Waals surface area contributed by atoms with Crippen LogP contribution < -0.4 is 4.90 Å². The van der Waals surface area contributed by atoms with E-state index in [1.807, 2.05) is 24.3 Å². The van der Waals surface area contributed by atoms with Crippen LogP contribution in [0.15, 0.2) is 24.3 Å². The van der Waals surface area contributed by atoms with Gasteiger partial charge >= 0.3 is 0 Å². The smallest absolute Gasteiger partial charge is 0.227 e. The van der Waals surface area contributed by atoms with Crippen molar-refractivity contribution in [1.82, 2.24) is 9.97 Å². The lowest BCUT2D eigenvalue weighted by Crippen LogP contribution is -2.20. The maximum atomic E-state index is 6.16. The second kappa shape index (κ2) is 3.91. The van der Waals surface area contributed by atoms with Crippen LogP contribution in [0.5, 0.6) is 0 Å². The van der Waals surface area contributed by atoms with Gasteiger partial charge in [-0.05, 0) is 25.0 Å². The second-order valence-electron chi connectivity index (χ2n) is 4.03. The Morgan fingerprint density at radius 1 is 1.06 bits per heavy atom. The van der Waals surface area contributed by atoms with E-state index in [0.717, 1.165) is 29.9 Å². The Morgan fingerprint density at radius 3 is 2.62 bits per heavy atom. The molecule has 0 amide bonds. The Kier molecular flexibility index (Phi) is 2.40. The molecule has 0 saturated carbocycles. The molecule has 2 heterocycles. The largest absolute Gasteiger partial charge is 0.341 e. The monoisotopic (exact) mass is 233 g/mol. The Hall–Kier alpha value is -1.35. The van der Waals surface area contributed by atoms with Gasteiger partial charge in [0, 0.05) is 18.5 Å². The van der Waals surface area contributed by atoms with Gasteiger partial charge in [-0.2, -0.15) is 0 Å². The van der Waals surface area contributed by atoms with Gasteiger partial charge in [0.2, 0.25) is 5.95 Å². The van der Waals surface area contributed by atoms with Gasteiger partial charge in [0.15, 0.2) is 0 Å². The highest BCUT2D eigenvalue weighted by Gasteiger charge is 2.16. The van der Waals surface area contributed by atoms with Crippen LogP contribution in [0, 0.1) is 0 Å². The van der Waals surface area contributed by atoms with Crippen molar-refractivity contribution in [1.29, 1.82) is 0 Å². The van der Waals surface area contributed by atoms with Crippen molar-refractivity contribution in [2.45, 2.75) is 12.8 Å². The number of hydrogen-bond acceptors (Lipinski definition) is 3. The summed E-state index contributed by atoms with van der Waals surface area (Å²) >= 11 is 6.16. The first kappa shape index (κ1) is 9.85. The van der Waals surface area contributed by atoms with Gasteiger partial charge in [0.1, 0.15) is 5.15 Å². The van der Waals surface area contributed by atoms with Crippen molar-refractivity contribution >= 4 is 28.5 Å². The van der Waals surface area contributed by atoms with Crippen LogP contribution in [0.1, 0.15) is 12.8 Å². The molecule has 0 unspecified atom stereocenters. The molecule has 1 saturated heterocycles. The number of hydrogen-bond donors (Lipinski definition) is 0. The van der Waals surface area contributed by atoms with E-state index in [0.29, 0.717) is 5.15 Å². The lowest BCUT2D eigenvalue weighted by atomic mass is 10.2. The lowest BCUT2D eigenvalue weighted by molar-refractivity contribution is 0.907. The van der Waals surface area contributed by atoms with E-state index >= 15 is 0 Å². The third kappa shape index (κ3) is 1.61. The topological polar surface area (TPSA) is 29.0 Å². The molecule has 1 aliphatic rings. The van der Waals surface area contributed by atoms with Crippen molar-refractivity contribution in [3.8, 4) is 0 Å². The Bertz CT molecular complexity index is 521. The first-order chi connectivity index (χ1) is 7.84. The Labute approximate surface area is 99.1 Å². The van der Waals surface area contributed by atoms with Gasteiger partial charge in [0.05, 0.1) is 5.52 Å². The number of fused-ring (bicyclic) bond motifs is 1. The highest BCUT2D eigenvalue weighted by atomic mass is 35.5. The number of para-hydroxylation sites is 1. The average Bonchev–Trinajstić information content (AvgIpc) is 2.82. The van der Waals surface area contributed by atoms with Gasteiger partial charge in [-0.25, -0.2) is 9.97 Å². The van der Waals surface area contributed by atoms with Crippen LogP contribution in [-0.4, -0.2) is 23.1 Å². The summed E-state index contributed by atoms with van der Waals surface area (Å²) in [4.78, 5) is 11.1. The molecule has 1 fully saturated rings. The minimum absolute atomic E-state index is 0.549. The van der Waals surface area contributed by atoms with Gasteiger partial charge in [0.25, 0.3) is 0 Å². The zero-order valence-corrected chi connectivity index (χ0v) is 9.61. The molecule has 1 aliphatic heterocycles. The molecule has 3 nitrogen and oxygen atoms in total. The maximum absolute atomic E-state index is 6.16. The van der Waals surface area contributed by atoms with Crippen molar-refractivity contribution < 1.29 is 0 Å². The molecule has 0 atom stereocenters. The van der Waals surface area contributed by atoms with Crippen LogP contribution in [-0.2, 0) is 0 Å². The molecule has 3 rings (SSSR count). The molecule has 0 N–H and O–H groups in total. The number of aromatic nitrogens is 2. The van der Waals surface area contributed by atoms with Gasteiger partial charge in [-0.3, -0.25) is 0 Å². The molecular weight excluding hydrogens is 222 g/mol. The molecule has 0 radical (unpaired) electrons. The van der Waals surface area contributed by atoms with E-state index in [-0.39, 0.29) is 0 Å². The minimum atomic E-state index is 0.549. The quantitative estimate of drug-likeness (QED) is 0.710. The predicted octanol–water partition coefficient (Wildman–Crippen LogP) is 2.88. The van der Waals surface area contributed by atoms with E-state index < -0.39 is 0 Å². The van der Waals surface area contributed by atoms with Crippen molar-refractivity contribution in [3.05, 3.63) is 29.4 Å². The van der Waals surface area contributed by atoms with Crippen LogP contribution >= 0.6 is 11.6 Å². The minimum Gasteiger partial charge on any atom is -0.341 e. The normalized spacial score (nSPS) is 15.9. The number of benzene rings is 1. The highest BCUT2D eigenvalue weighted by molar-refractivity contribution is 6.34. The first-order valence-corrected chi connectivity index (χ1v) is 5.89. The molecule has 16 heavy (non-hydrogen) atoms. The van der Waals surface area contributed by atoms with Gasteiger partial charge < -0.3 is 4.90 Å². The van der Waals surface area contributed by atoms with E-state index in [4.69, 9.17) is 11.6 Å². The zero-order valence-electron chi connectivity index (χ0n) is 8.86. The fourth-order valence-electron chi connectivity index (χ4n) is 2.08. The van der Waals surface area contributed by atoms with E-state index in [2.05, 4.69) is 14.9 Å². The summed E-state index contributed by atoms with van der Waals surface area (Å²) in [7, 11) is 0. The summed E-state index contributed by atoms with van der Waals surface area (Å²) in [5.41, 5.74) is 0.921. The third-order valence-corrected chi connectivity index (χ3v) is 3.22. The summed E-state index contributed by atoms with van der Waals surface area (Å²) in [5.74, 6) is 0.765. The van der Waals surface area contributed by atoms with Crippen LogP contribution in [0.4, 0.5) is 5.95 Å². The summed E-state index contributed by atoms with van der Waals surface area (Å²) in [6.07, 6.45) is 2.43. The summed E-state index contributed by atoms with van der Waals surface area (Å²) in [6, 6.07) is 7.85. The summed E-state index contributed by atoms with van der Waals surface area (Å²) in [6.45, 7) is 2.07. The maximum Gasteiger partial charge on any atom is 0.227 e. The Balaban J connectivity index is 2.13. The first-order valence-electron chi connectivity index (χ1n) is 5.52. The van der Waals surface area contributed by atoms with Crippen LogP contribution in [0.2, 0.25) is 5.15 Å². The van der Waals surface area contributed by atoms with Crippen LogP contribution in [0.25, 0.3) is 10.9 Å². The molecule has 4 heteroatoms. The molecule has 1 aromatic carbocycles.